The second-order valence-electron chi connectivity index (χ2n) is 8.04. The zero-order valence-corrected chi connectivity index (χ0v) is 14.7. The minimum atomic E-state index is 0.292. The molecular weight excluding hydrogens is 260 g/mol. The molecule has 0 bridgehead atoms. The van der Waals surface area contributed by atoms with Crippen LogP contribution in [0, 0.1) is 11.3 Å². The van der Waals surface area contributed by atoms with Crippen molar-refractivity contribution in [1.29, 1.82) is 0 Å². The Labute approximate surface area is 131 Å². The summed E-state index contributed by atoms with van der Waals surface area (Å²) in [6.45, 7) is 15.1. The molecule has 0 aromatic rings. The monoisotopic (exact) mass is 296 g/mol. The van der Waals surface area contributed by atoms with E-state index in [1.54, 1.807) is 0 Å². The van der Waals surface area contributed by atoms with Crippen LogP contribution in [-0.4, -0.2) is 49.8 Å². The summed E-state index contributed by atoms with van der Waals surface area (Å²) in [5.74, 6) is 0.636. The van der Waals surface area contributed by atoms with Crippen LogP contribution in [-0.2, 0) is 4.74 Å². The lowest BCUT2D eigenvalue weighted by Gasteiger charge is -2.52. The summed E-state index contributed by atoms with van der Waals surface area (Å²) in [5.41, 5.74) is 0.292. The Morgan fingerprint density at radius 2 is 1.90 bits per heavy atom. The summed E-state index contributed by atoms with van der Waals surface area (Å²) in [6.07, 6.45) is 7.14. The van der Waals surface area contributed by atoms with Gasteiger partial charge in [-0.25, -0.2) is 0 Å². The molecule has 0 spiro atoms. The number of likely N-dealkylation sites (tertiary alicyclic amines) is 1. The Balaban J connectivity index is 1.57. The molecular formula is C18H36N2O. The van der Waals surface area contributed by atoms with Gasteiger partial charge in [-0.2, -0.15) is 0 Å². The molecule has 2 rings (SSSR count). The fraction of sp³-hybridized carbons (Fsp3) is 1.00. The maximum atomic E-state index is 6.04. The van der Waals surface area contributed by atoms with Crippen LogP contribution < -0.4 is 5.32 Å². The number of rotatable bonds is 8. The minimum absolute atomic E-state index is 0.292. The van der Waals surface area contributed by atoms with E-state index in [-0.39, 0.29) is 0 Å². The summed E-state index contributed by atoms with van der Waals surface area (Å²) >= 11 is 0. The van der Waals surface area contributed by atoms with Gasteiger partial charge in [-0.05, 0) is 57.8 Å². The van der Waals surface area contributed by atoms with Crippen LogP contribution in [0.1, 0.15) is 59.8 Å². The Kier molecular flexibility index (Phi) is 6.51. The highest BCUT2D eigenvalue weighted by Crippen LogP contribution is 2.42. The Morgan fingerprint density at radius 3 is 2.52 bits per heavy atom. The van der Waals surface area contributed by atoms with Gasteiger partial charge in [-0.3, -0.25) is 0 Å². The maximum Gasteiger partial charge on any atom is 0.0656 e. The standard InChI is InChI=1S/C18H36N2O/c1-15(2)14-21-17-13-16(18(17,3)4)19-9-8-12-20-10-6-5-7-11-20/h15-17,19H,5-14H2,1-4H3. The quantitative estimate of drug-likeness (QED) is 0.696. The second-order valence-corrected chi connectivity index (χ2v) is 8.04. The summed E-state index contributed by atoms with van der Waals surface area (Å²) in [6, 6.07) is 0.635. The van der Waals surface area contributed by atoms with Crippen molar-refractivity contribution in [2.75, 3.05) is 32.8 Å². The molecule has 1 saturated heterocycles. The predicted molar refractivity (Wildman–Crippen MR) is 89.7 cm³/mol. The average Bonchev–Trinajstić information content (AvgIpc) is 2.45. The fourth-order valence-corrected chi connectivity index (χ4v) is 3.59. The lowest BCUT2D eigenvalue weighted by atomic mass is 9.64. The number of piperidine rings is 1. The van der Waals surface area contributed by atoms with E-state index < -0.39 is 0 Å². The lowest BCUT2D eigenvalue weighted by Crippen LogP contribution is -2.61. The normalized spacial score (nSPS) is 29.6. The van der Waals surface area contributed by atoms with E-state index in [1.807, 2.05) is 0 Å². The van der Waals surface area contributed by atoms with E-state index in [2.05, 4.69) is 37.9 Å². The first-order valence-corrected chi connectivity index (χ1v) is 9.07. The van der Waals surface area contributed by atoms with Crippen molar-refractivity contribution >= 4 is 0 Å². The third-order valence-electron chi connectivity index (χ3n) is 5.30. The molecule has 1 N–H and O–H groups in total. The molecule has 1 saturated carbocycles. The highest BCUT2D eigenvalue weighted by molar-refractivity contribution is 5.02. The van der Waals surface area contributed by atoms with E-state index in [4.69, 9.17) is 4.74 Å². The fourth-order valence-electron chi connectivity index (χ4n) is 3.59. The second kappa shape index (κ2) is 7.94. The third-order valence-corrected chi connectivity index (χ3v) is 5.30. The predicted octanol–water partition coefficient (Wildman–Crippen LogP) is 3.29. The van der Waals surface area contributed by atoms with Crippen LogP contribution in [0.2, 0.25) is 0 Å². The van der Waals surface area contributed by atoms with Gasteiger partial charge in [-0.15, -0.1) is 0 Å². The van der Waals surface area contributed by atoms with Crippen molar-refractivity contribution in [2.24, 2.45) is 11.3 Å². The lowest BCUT2D eigenvalue weighted by molar-refractivity contribution is -0.123. The Bertz CT molecular complexity index is 298. The van der Waals surface area contributed by atoms with Gasteiger partial charge in [0.2, 0.25) is 0 Å². The summed E-state index contributed by atoms with van der Waals surface area (Å²) < 4.78 is 6.04. The molecule has 1 heterocycles. The van der Waals surface area contributed by atoms with Gasteiger partial charge in [-0.1, -0.05) is 34.1 Å². The molecule has 21 heavy (non-hydrogen) atoms. The smallest absolute Gasteiger partial charge is 0.0656 e. The van der Waals surface area contributed by atoms with Gasteiger partial charge >= 0.3 is 0 Å². The van der Waals surface area contributed by atoms with Gasteiger partial charge in [0.1, 0.15) is 0 Å². The van der Waals surface area contributed by atoms with Crippen molar-refractivity contribution in [1.82, 2.24) is 10.2 Å². The molecule has 2 aliphatic rings. The van der Waals surface area contributed by atoms with Gasteiger partial charge in [0.05, 0.1) is 6.10 Å². The molecule has 3 heteroatoms. The van der Waals surface area contributed by atoms with Crippen LogP contribution >= 0.6 is 0 Å². The third kappa shape index (κ3) is 4.94. The molecule has 0 aromatic heterocycles. The largest absolute Gasteiger partial charge is 0.377 e. The van der Waals surface area contributed by atoms with Crippen molar-refractivity contribution in [3.05, 3.63) is 0 Å². The van der Waals surface area contributed by atoms with Gasteiger partial charge in [0.25, 0.3) is 0 Å². The van der Waals surface area contributed by atoms with Gasteiger partial charge < -0.3 is 15.0 Å². The van der Waals surface area contributed by atoms with Crippen molar-refractivity contribution in [3.63, 3.8) is 0 Å². The van der Waals surface area contributed by atoms with Gasteiger partial charge in [0, 0.05) is 18.1 Å². The Morgan fingerprint density at radius 1 is 1.19 bits per heavy atom. The molecule has 124 valence electrons. The highest BCUT2D eigenvalue weighted by atomic mass is 16.5. The molecule has 3 nitrogen and oxygen atoms in total. The zero-order chi connectivity index (χ0) is 15.3. The summed E-state index contributed by atoms with van der Waals surface area (Å²) in [7, 11) is 0. The Hall–Kier alpha value is -0.120. The first-order chi connectivity index (χ1) is 10.00. The van der Waals surface area contributed by atoms with Crippen LogP contribution in [0.25, 0.3) is 0 Å². The van der Waals surface area contributed by atoms with E-state index in [0.29, 0.717) is 23.5 Å². The van der Waals surface area contributed by atoms with Crippen LogP contribution in [0.4, 0.5) is 0 Å². The molecule has 0 radical (unpaired) electrons. The van der Waals surface area contributed by atoms with Crippen molar-refractivity contribution in [2.45, 2.75) is 71.9 Å². The summed E-state index contributed by atoms with van der Waals surface area (Å²) in [4.78, 5) is 2.63. The molecule has 2 unspecified atom stereocenters. The van der Waals surface area contributed by atoms with E-state index in [0.717, 1.165) is 13.2 Å². The number of hydrogen-bond donors (Lipinski definition) is 1. The minimum Gasteiger partial charge on any atom is -0.377 e. The molecule has 1 aliphatic carbocycles. The molecule has 0 amide bonds. The van der Waals surface area contributed by atoms with Gasteiger partial charge in [0.15, 0.2) is 0 Å². The maximum absolute atomic E-state index is 6.04. The topological polar surface area (TPSA) is 24.5 Å². The van der Waals surface area contributed by atoms with Crippen LogP contribution in [0.5, 0.6) is 0 Å². The van der Waals surface area contributed by atoms with Crippen LogP contribution in [0.15, 0.2) is 0 Å². The number of nitrogens with one attached hydrogen (secondary N) is 1. The first-order valence-electron chi connectivity index (χ1n) is 9.07. The van der Waals surface area contributed by atoms with Crippen molar-refractivity contribution < 1.29 is 4.74 Å². The van der Waals surface area contributed by atoms with E-state index in [1.165, 1.54) is 51.7 Å². The first kappa shape index (κ1) is 17.2. The zero-order valence-electron chi connectivity index (χ0n) is 14.7. The molecule has 1 aliphatic heterocycles. The molecule has 2 atom stereocenters. The van der Waals surface area contributed by atoms with Crippen LogP contribution in [0.3, 0.4) is 0 Å². The molecule has 0 aromatic carbocycles. The van der Waals surface area contributed by atoms with E-state index in [9.17, 15) is 0 Å². The molecule has 2 fully saturated rings. The number of nitrogens with zero attached hydrogens (tertiary/aromatic N) is 1. The number of hydrogen-bond acceptors (Lipinski definition) is 3. The average molecular weight is 296 g/mol. The summed E-state index contributed by atoms with van der Waals surface area (Å²) in [5, 5.41) is 3.76. The van der Waals surface area contributed by atoms with E-state index >= 15 is 0 Å². The SMILES string of the molecule is CC(C)COC1CC(NCCCN2CCCCC2)C1(C)C. The number of ether oxygens (including phenoxy) is 1. The van der Waals surface area contributed by atoms with Crippen molar-refractivity contribution in [3.8, 4) is 0 Å². The highest BCUT2D eigenvalue weighted by Gasteiger charge is 2.48.